The Balaban J connectivity index is 1.46. The molecular weight excluding hydrogens is 574 g/mol. The molecule has 5 rings (SSSR count). The van der Waals surface area contributed by atoms with Crippen LogP contribution in [-0.2, 0) is 9.63 Å². The SMILES string of the molecule is O=C(NCC(F)(F)F)N(OC(=O)C(F)(F)F)c1cccc(-c2cnc3cc(-c4ccnc(-n5ccnc5)n4)ccn23)c1. The summed E-state index contributed by atoms with van der Waals surface area (Å²) >= 11 is 0. The summed E-state index contributed by atoms with van der Waals surface area (Å²) in [5.74, 6) is -2.42. The van der Waals surface area contributed by atoms with Crippen molar-refractivity contribution >= 4 is 23.3 Å². The first kappa shape index (κ1) is 28.1. The molecule has 1 aromatic carbocycles. The number of anilines is 1. The zero-order chi connectivity index (χ0) is 30.1. The topological polar surface area (TPSA) is 120 Å². The average Bonchev–Trinajstić information content (AvgIpc) is 3.64. The third-order valence-corrected chi connectivity index (χ3v) is 5.59. The van der Waals surface area contributed by atoms with Crippen LogP contribution in [0, 0.1) is 0 Å². The first-order valence-corrected chi connectivity index (χ1v) is 11.7. The number of alkyl halides is 6. The van der Waals surface area contributed by atoms with Crippen LogP contribution in [0.3, 0.4) is 0 Å². The lowest BCUT2D eigenvalue weighted by Crippen LogP contribution is -2.46. The van der Waals surface area contributed by atoms with Crippen LogP contribution in [-0.4, -0.2) is 59.8 Å². The summed E-state index contributed by atoms with van der Waals surface area (Å²) in [5, 5.41) is 1.19. The number of imidazole rings is 2. The lowest BCUT2D eigenvalue weighted by molar-refractivity contribution is -0.199. The van der Waals surface area contributed by atoms with Crippen molar-refractivity contribution < 1.29 is 40.8 Å². The number of hydrogen-bond donors (Lipinski definition) is 1. The van der Waals surface area contributed by atoms with Crippen molar-refractivity contribution in [2.45, 2.75) is 12.4 Å². The van der Waals surface area contributed by atoms with E-state index in [1.807, 2.05) is 0 Å². The minimum Gasteiger partial charge on any atom is -0.326 e. The van der Waals surface area contributed by atoms with Gasteiger partial charge in [-0.2, -0.15) is 26.3 Å². The quantitative estimate of drug-likeness (QED) is 0.232. The van der Waals surface area contributed by atoms with Crippen LogP contribution in [0.5, 0.6) is 0 Å². The van der Waals surface area contributed by atoms with Gasteiger partial charge in [-0.25, -0.2) is 29.5 Å². The first-order valence-electron chi connectivity index (χ1n) is 11.7. The van der Waals surface area contributed by atoms with Crippen LogP contribution in [0.25, 0.3) is 34.1 Å². The summed E-state index contributed by atoms with van der Waals surface area (Å²) in [7, 11) is 0. The minimum atomic E-state index is -5.53. The molecule has 5 aromatic rings. The molecule has 0 aliphatic carbocycles. The van der Waals surface area contributed by atoms with Crippen molar-refractivity contribution in [1.29, 1.82) is 0 Å². The van der Waals surface area contributed by atoms with Gasteiger partial charge in [0.1, 0.15) is 18.5 Å². The molecular formula is C25H16F6N8O3. The largest absolute Gasteiger partial charge is 0.493 e. The summed E-state index contributed by atoms with van der Waals surface area (Å²) in [6, 6.07) is 8.44. The molecule has 0 atom stereocenters. The summed E-state index contributed by atoms with van der Waals surface area (Å²) in [6.45, 7) is -1.88. The fourth-order valence-corrected chi connectivity index (χ4v) is 3.75. The van der Waals surface area contributed by atoms with Gasteiger partial charge in [-0.05, 0) is 30.3 Å². The lowest BCUT2D eigenvalue weighted by Gasteiger charge is -2.22. The summed E-state index contributed by atoms with van der Waals surface area (Å²) < 4.78 is 79.6. The molecule has 11 nitrogen and oxygen atoms in total. The van der Waals surface area contributed by atoms with E-state index in [-0.39, 0.29) is 10.6 Å². The summed E-state index contributed by atoms with van der Waals surface area (Å²) in [5.41, 5.74) is 1.94. The van der Waals surface area contributed by atoms with E-state index in [1.165, 1.54) is 23.6 Å². The highest BCUT2D eigenvalue weighted by atomic mass is 19.4. The Morgan fingerprint density at radius 1 is 0.952 bits per heavy atom. The number of aromatic nitrogens is 6. The number of hydroxylamine groups is 1. The number of nitrogens with zero attached hydrogens (tertiary/aromatic N) is 7. The summed E-state index contributed by atoms with van der Waals surface area (Å²) in [4.78, 5) is 45.0. The van der Waals surface area contributed by atoms with Gasteiger partial charge in [0, 0.05) is 35.9 Å². The Kier molecular flexibility index (Phi) is 7.24. The van der Waals surface area contributed by atoms with Crippen LogP contribution in [0.1, 0.15) is 0 Å². The van der Waals surface area contributed by atoms with E-state index < -0.39 is 36.6 Å². The van der Waals surface area contributed by atoms with Crippen molar-refractivity contribution in [1.82, 2.24) is 34.2 Å². The molecule has 0 radical (unpaired) electrons. The summed E-state index contributed by atoms with van der Waals surface area (Å²) in [6.07, 6.45) is -0.932. The molecule has 0 unspecified atom stereocenters. The smallest absolute Gasteiger partial charge is 0.326 e. The number of carbonyl (C=O) groups is 2. The maximum Gasteiger partial charge on any atom is 0.493 e. The van der Waals surface area contributed by atoms with Gasteiger partial charge in [-0.3, -0.25) is 8.97 Å². The zero-order valence-electron chi connectivity index (χ0n) is 20.8. The van der Waals surface area contributed by atoms with Crippen LogP contribution < -0.4 is 10.4 Å². The van der Waals surface area contributed by atoms with E-state index in [2.05, 4.69) is 24.8 Å². The number of rotatable bonds is 5. The number of halogens is 6. The van der Waals surface area contributed by atoms with Crippen LogP contribution in [0.2, 0.25) is 0 Å². The van der Waals surface area contributed by atoms with Gasteiger partial charge in [-0.1, -0.05) is 12.1 Å². The van der Waals surface area contributed by atoms with Gasteiger partial charge in [0.25, 0.3) is 0 Å². The zero-order valence-corrected chi connectivity index (χ0v) is 20.8. The number of pyridine rings is 1. The molecule has 1 N–H and O–H groups in total. The second kappa shape index (κ2) is 10.8. The molecule has 2 amide bonds. The minimum absolute atomic E-state index is 0.195. The average molecular weight is 590 g/mol. The molecule has 0 fully saturated rings. The Morgan fingerprint density at radius 2 is 1.76 bits per heavy atom. The predicted molar refractivity (Wildman–Crippen MR) is 133 cm³/mol. The molecule has 42 heavy (non-hydrogen) atoms. The van der Waals surface area contributed by atoms with E-state index in [9.17, 15) is 35.9 Å². The number of amides is 2. The number of hydrogen-bond acceptors (Lipinski definition) is 7. The molecule has 0 saturated carbocycles. The van der Waals surface area contributed by atoms with Crippen LogP contribution in [0.4, 0.5) is 36.8 Å². The third kappa shape index (κ3) is 6.13. The van der Waals surface area contributed by atoms with Gasteiger partial charge >= 0.3 is 24.4 Å². The first-order chi connectivity index (χ1) is 19.9. The predicted octanol–water partition coefficient (Wildman–Crippen LogP) is 4.74. The number of benzene rings is 1. The maximum atomic E-state index is 12.9. The maximum absolute atomic E-state index is 12.9. The lowest BCUT2D eigenvalue weighted by atomic mass is 10.1. The van der Waals surface area contributed by atoms with Crippen LogP contribution in [0.15, 0.2) is 79.8 Å². The molecule has 216 valence electrons. The number of nitrogens with one attached hydrogen (secondary N) is 1. The van der Waals surface area contributed by atoms with Gasteiger partial charge in [0.05, 0.1) is 23.3 Å². The van der Waals surface area contributed by atoms with E-state index in [1.54, 1.807) is 58.3 Å². The van der Waals surface area contributed by atoms with Crippen LogP contribution >= 0.6 is 0 Å². The molecule has 0 spiro atoms. The molecule has 0 aliphatic rings. The standard InChI is InChI=1S/C25H16F6N8O3/c26-24(27,28)13-35-23(41)39(42-21(40)25(29,30)31)17-3-1-2-16(10-17)19-12-34-20-11-15(5-8-38(19)20)18-4-6-33-22(36-18)37-9-7-32-14-37/h1-12,14H,13H2,(H,35,41). The van der Waals surface area contributed by atoms with Gasteiger partial charge < -0.3 is 10.2 Å². The molecule has 4 heterocycles. The Labute approximate surface area is 231 Å². The van der Waals surface area contributed by atoms with E-state index in [0.29, 0.717) is 28.5 Å². The fraction of sp³-hybridized carbons (Fsp3) is 0.120. The van der Waals surface area contributed by atoms with Crippen molar-refractivity contribution in [3.05, 3.63) is 79.8 Å². The number of carbonyl (C=O) groups excluding carboxylic acids is 2. The Bertz CT molecular complexity index is 1750. The Morgan fingerprint density at radius 3 is 2.48 bits per heavy atom. The number of fused-ring (bicyclic) bond motifs is 1. The molecule has 0 saturated heterocycles. The Hall–Kier alpha value is -5.48. The molecule has 4 aromatic heterocycles. The highest BCUT2D eigenvalue weighted by Gasteiger charge is 2.44. The van der Waals surface area contributed by atoms with Crippen molar-refractivity contribution in [3.63, 3.8) is 0 Å². The van der Waals surface area contributed by atoms with Gasteiger partial charge in [0.2, 0.25) is 5.95 Å². The highest BCUT2D eigenvalue weighted by Crippen LogP contribution is 2.29. The van der Waals surface area contributed by atoms with Crippen molar-refractivity contribution in [3.8, 4) is 28.5 Å². The van der Waals surface area contributed by atoms with E-state index in [0.717, 1.165) is 12.1 Å². The van der Waals surface area contributed by atoms with Gasteiger partial charge in [0.15, 0.2) is 0 Å². The van der Waals surface area contributed by atoms with Gasteiger partial charge in [-0.15, -0.1) is 5.06 Å². The van der Waals surface area contributed by atoms with Crippen molar-refractivity contribution in [2.24, 2.45) is 0 Å². The van der Waals surface area contributed by atoms with Crippen molar-refractivity contribution in [2.75, 3.05) is 11.6 Å². The van der Waals surface area contributed by atoms with E-state index in [4.69, 9.17) is 0 Å². The van der Waals surface area contributed by atoms with E-state index >= 15 is 0 Å². The second-order valence-corrected chi connectivity index (χ2v) is 8.49. The molecule has 0 bridgehead atoms. The second-order valence-electron chi connectivity index (χ2n) is 8.49. The molecule has 0 aliphatic heterocycles. The normalized spacial score (nSPS) is 11.9. The monoisotopic (exact) mass is 590 g/mol. The fourth-order valence-electron chi connectivity index (χ4n) is 3.75. The molecule has 17 heteroatoms. The highest BCUT2D eigenvalue weighted by molar-refractivity contribution is 5.93. The third-order valence-electron chi connectivity index (χ3n) is 5.59. The number of urea groups is 1.